The molecule has 0 aromatic heterocycles. The summed E-state index contributed by atoms with van der Waals surface area (Å²) in [5.41, 5.74) is 2.72. The summed E-state index contributed by atoms with van der Waals surface area (Å²) in [6.07, 6.45) is 14.0. The molecule has 0 aromatic rings. The Hall–Kier alpha value is -0.980. The molecule has 0 spiro atoms. The van der Waals surface area contributed by atoms with Gasteiger partial charge in [0, 0.05) is 0 Å². The van der Waals surface area contributed by atoms with Crippen LogP contribution in [0.3, 0.4) is 0 Å². The number of aliphatic hydroxyl groups is 1. The Balaban J connectivity index is 2.02. The highest BCUT2D eigenvalue weighted by Crippen LogP contribution is 2.45. The van der Waals surface area contributed by atoms with E-state index in [0.29, 0.717) is 11.7 Å². The summed E-state index contributed by atoms with van der Waals surface area (Å²) in [7, 11) is 0. The molecule has 1 saturated carbocycles. The molecule has 0 bridgehead atoms. The molecule has 1 heteroatoms. The maximum atomic E-state index is 10.00. The second-order valence-corrected chi connectivity index (χ2v) is 5.00. The zero-order valence-corrected chi connectivity index (χ0v) is 9.08. The quantitative estimate of drug-likeness (QED) is 0.631. The van der Waals surface area contributed by atoms with Crippen LogP contribution in [0.5, 0.6) is 0 Å². The Morgan fingerprint density at radius 3 is 3.00 bits per heavy atom. The van der Waals surface area contributed by atoms with Crippen LogP contribution in [0, 0.1) is 11.8 Å². The maximum Gasteiger partial charge on any atom is 0.119 e. The van der Waals surface area contributed by atoms with Crippen molar-refractivity contribution in [3.05, 3.63) is 35.1 Å². The highest BCUT2D eigenvalue weighted by atomic mass is 16.3. The summed E-state index contributed by atoms with van der Waals surface area (Å²) < 4.78 is 0. The third-order valence-electron chi connectivity index (χ3n) is 4.15. The SMILES string of the molecule is OC1=C2C=CCCC2C2CCCCC2=C1. The molecule has 0 aromatic carbocycles. The average Bonchev–Trinajstić information content (AvgIpc) is 2.30. The van der Waals surface area contributed by atoms with Crippen molar-refractivity contribution in [2.24, 2.45) is 11.8 Å². The number of hydrogen-bond donors (Lipinski definition) is 1. The van der Waals surface area contributed by atoms with Crippen LogP contribution in [0.15, 0.2) is 35.1 Å². The van der Waals surface area contributed by atoms with Crippen molar-refractivity contribution in [1.29, 1.82) is 0 Å². The topological polar surface area (TPSA) is 20.2 Å². The molecular weight excluding hydrogens is 184 g/mol. The fourth-order valence-electron chi connectivity index (χ4n) is 3.42. The number of hydrogen-bond acceptors (Lipinski definition) is 1. The summed E-state index contributed by atoms with van der Waals surface area (Å²) in [5, 5.41) is 10.00. The molecule has 3 aliphatic rings. The van der Waals surface area contributed by atoms with Crippen LogP contribution in [-0.4, -0.2) is 5.11 Å². The highest BCUT2D eigenvalue weighted by Gasteiger charge is 2.34. The molecule has 0 saturated heterocycles. The van der Waals surface area contributed by atoms with Gasteiger partial charge in [-0.25, -0.2) is 0 Å². The van der Waals surface area contributed by atoms with E-state index < -0.39 is 0 Å². The Labute approximate surface area is 91.2 Å². The predicted molar refractivity (Wildman–Crippen MR) is 61.6 cm³/mol. The molecule has 0 aliphatic heterocycles. The highest BCUT2D eigenvalue weighted by molar-refractivity contribution is 5.40. The van der Waals surface area contributed by atoms with Gasteiger partial charge in [-0.15, -0.1) is 0 Å². The molecule has 0 amide bonds. The zero-order valence-electron chi connectivity index (χ0n) is 9.08. The van der Waals surface area contributed by atoms with Crippen LogP contribution < -0.4 is 0 Å². The molecule has 2 atom stereocenters. The molecule has 80 valence electrons. The van der Waals surface area contributed by atoms with Gasteiger partial charge in [-0.2, -0.15) is 0 Å². The Morgan fingerprint density at radius 1 is 1.13 bits per heavy atom. The molecule has 2 unspecified atom stereocenters. The fourth-order valence-corrected chi connectivity index (χ4v) is 3.42. The molecule has 0 heterocycles. The lowest BCUT2D eigenvalue weighted by Crippen LogP contribution is -2.26. The van der Waals surface area contributed by atoms with E-state index in [0.717, 1.165) is 5.92 Å². The Kier molecular flexibility index (Phi) is 2.19. The van der Waals surface area contributed by atoms with Gasteiger partial charge < -0.3 is 5.11 Å². The van der Waals surface area contributed by atoms with E-state index in [1.54, 1.807) is 0 Å². The first kappa shape index (κ1) is 9.26. The lowest BCUT2D eigenvalue weighted by Gasteiger charge is -2.38. The third-order valence-corrected chi connectivity index (χ3v) is 4.15. The summed E-state index contributed by atoms with van der Waals surface area (Å²) >= 11 is 0. The van der Waals surface area contributed by atoms with Gasteiger partial charge in [0.1, 0.15) is 5.76 Å². The largest absolute Gasteiger partial charge is 0.508 e. The molecule has 3 rings (SSSR count). The van der Waals surface area contributed by atoms with Crippen molar-refractivity contribution < 1.29 is 5.11 Å². The third kappa shape index (κ3) is 1.45. The van der Waals surface area contributed by atoms with Crippen LogP contribution >= 0.6 is 0 Å². The van der Waals surface area contributed by atoms with Crippen molar-refractivity contribution in [1.82, 2.24) is 0 Å². The van der Waals surface area contributed by atoms with E-state index in [4.69, 9.17) is 0 Å². The predicted octanol–water partition coefficient (Wildman–Crippen LogP) is 3.89. The average molecular weight is 202 g/mol. The summed E-state index contributed by atoms with van der Waals surface area (Å²) in [5.74, 6) is 1.91. The van der Waals surface area contributed by atoms with E-state index >= 15 is 0 Å². The van der Waals surface area contributed by atoms with Gasteiger partial charge >= 0.3 is 0 Å². The first-order valence-electron chi connectivity index (χ1n) is 6.16. The monoisotopic (exact) mass is 202 g/mol. The second kappa shape index (κ2) is 3.55. The van der Waals surface area contributed by atoms with Crippen molar-refractivity contribution in [3.8, 4) is 0 Å². The molecule has 3 aliphatic carbocycles. The van der Waals surface area contributed by atoms with Gasteiger partial charge in [0.25, 0.3) is 0 Å². The zero-order chi connectivity index (χ0) is 10.3. The summed E-state index contributed by atoms with van der Waals surface area (Å²) in [6.45, 7) is 0. The van der Waals surface area contributed by atoms with Crippen LogP contribution in [0.2, 0.25) is 0 Å². The summed E-state index contributed by atoms with van der Waals surface area (Å²) in [4.78, 5) is 0. The lowest BCUT2D eigenvalue weighted by molar-refractivity contribution is 0.305. The van der Waals surface area contributed by atoms with Gasteiger partial charge in [-0.05, 0) is 55.6 Å². The standard InChI is InChI=1S/C14H18O/c15-14-9-10-5-1-2-6-11(10)12-7-3-4-8-13(12)14/h4,8-9,11-12,15H,1-3,5-7H2. The number of rotatable bonds is 0. The van der Waals surface area contributed by atoms with Crippen molar-refractivity contribution >= 4 is 0 Å². The van der Waals surface area contributed by atoms with Crippen LogP contribution in [-0.2, 0) is 0 Å². The summed E-state index contributed by atoms with van der Waals surface area (Å²) in [6, 6.07) is 0. The minimum absolute atomic E-state index is 0.545. The fraction of sp³-hybridized carbons (Fsp3) is 0.571. The molecule has 1 fully saturated rings. The maximum absolute atomic E-state index is 10.00. The Bertz CT molecular complexity index is 360. The van der Waals surface area contributed by atoms with E-state index in [1.807, 2.05) is 6.08 Å². The van der Waals surface area contributed by atoms with Gasteiger partial charge in [0.2, 0.25) is 0 Å². The van der Waals surface area contributed by atoms with Crippen molar-refractivity contribution in [3.63, 3.8) is 0 Å². The minimum Gasteiger partial charge on any atom is -0.508 e. The molecule has 1 N–H and O–H groups in total. The smallest absolute Gasteiger partial charge is 0.119 e. The first-order valence-corrected chi connectivity index (χ1v) is 6.16. The van der Waals surface area contributed by atoms with E-state index in [1.165, 1.54) is 49.7 Å². The first-order chi connectivity index (χ1) is 7.36. The van der Waals surface area contributed by atoms with Crippen molar-refractivity contribution in [2.45, 2.75) is 38.5 Å². The van der Waals surface area contributed by atoms with Gasteiger partial charge in [-0.1, -0.05) is 24.1 Å². The van der Waals surface area contributed by atoms with E-state index in [-0.39, 0.29) is 0 Å². The molecule has 0 radical (unpaired) electrons. The second-order valence-electron chi connectivity index (χ2n) is 5.00. The molecular formula is C14H18O. The van der Waals surface area contributed by atoms with Gasteiger partial charge in [0.05, 0.1) is 0 Å². The number of fused-ring (bicyclic) bond motifs is 3. The van der Waals surface area contributed by atoms with Crippen LogP contribution in [0.25, 0.3) is 0 Å². The van der Waals surface area contributed by atoms with Gasteiger partial charge in [0.15, 0.2) is 0 Å². The minimum atomic E-state index is 0.545. The van der Waals surface area contributed by atoms with Crippen LogP contribution in [0.4, 0.5) is 0 Å². The van der Waals surface area contributed by atoms with E-state index in [9.17, 15) is 5.11 Å². The van der Waals surface area contributed by atoms with E-state index in [2.05, 4.69) is 12.2 Å². The lowest BCUT2D eigenvalue weighted by atomic mass is 9.67. The molecule has 1 nitrogen and oxygen atoms in total. The van der Waals surface area contributed by atoms with Crippen molar-refractivity contribution in [2.75, 3.05) is 0 Å². The number of aliphatic hydroxyl groups excluding tert-OH is 1. The molecule has 15 heavy (non-hydrogen) atoms. The number of allylic oxidation sites excluding steroid dienone is 5. The van der Waals surface area contributed by atoms with Gasteiger partial charge in [-0.3, -0.25) is 0 Å². The van der Waals surface area contributed by atoms with Crippen LogP contribution in [0.1, 0.15) is 38.5 Å². The Morgan fingerprint density at radius 2 is 2.07 bits per heavy atom. The normalized spacial score (nSPS) is 34.5.